The molecule has 3 rings (SSSR count). The van der Waals surface area contributed by atoms with Gasteiger partial charge in [-0.25, -0.2) is 4.98 Å². The summed E-state index contributed by atoms with van der Waals surface area (Å²) in [4.78, 5) is 7.06. The molecule has 1 aliphatic heterocycles. The summed E-state index contributed by atoms with van der Waals surface area (Å²) in [6.45, 7) is 8.39. The van der Waals surface area contributed by atoms with E-state index in [9.17, 15) is 0 Å². The molecule has 4 heteroatoms. The molecule has 1 unspecified atom stereocenters. The standard InChI is InChI=1S/C17H22ClN3/c1-3-21(15-6-7-19-10-15)11-14-9-13-5-4-12(2)8-16(13)20-17(14)18/h4-5,8-9,15,19H,3,6-7,10-11H2,1-2H3. The van der Waals surface area contributed by atoms with E-state index in [0.29, 0.717) is 11.2 Å². The Morgan fingerprint density at radius 2 is 2.24 bits per heavy atom. The molecule has 0 bridgehead atoms. The maximum absolute atomic E-state index is 6.41. The molecular weight excluding hydrogens is 282 g/mol. The highest BCUT2D eigenvalue weighted by Gasteiger charge is 2.22. The maximum Gasteiger partial charge on any atom is 0.134 e. The fourth-order valence-corrected chi connectivity index (χ4v) is 3.28. The van der Waals surface area contributed by atoms with Crippen molar-refractivity contribution >= 4 is 22.5 Å². The van der Waals surface area contributed by atoms with Crippen molar-refractivity contribution in [1.82, 2.24) is 15.2 Å². The van der Waals surface area contributed by atoms with Crippen molar-refractivity contribution in [2.75, 3.05) is 19.6 Å². The van der Waals surface area contributed by atoms with E-state index in [1.807, 2.05) is 0 Å². The van der Waals surface area contributed by atoms with Gasteiger partial charge in [-0.15, -0.1) is 0 Å². The molecule has 0 aliphatic carbocycles. The number of rotatable bonds is 4. The monoisotopic (exact) mass is 303 g/mol. The Kier molecular flexibility index (Phi) is 4.43. The van der Waals surface area contributed by atoms with Gasteiger partial charge < -0.3 is 5.32 Å². The summed E-state index contributed by atoms with van der Waals surface area (Å²) < 4.78 is 0. The minimum absolute atomic E-state index is 0.611. The van der Waals surface area contributed by atoms with Crippen LogP contribution in [0.3, 0.4) is 0 Å². The quantitative estimate of drug-likeness (QED) is 0.878. The van der Waals surface area contributed by atoms with Crippen LogP contribution in [0.15, 0.2) is 24.3 Å². The molecule has 112 valence electrons. The van der Waals surface area contributed by atoms with Crippen LogP contribution in [0.1, 0.15) is 24.5 Å². The summed E-state index contributed by atoms with van der Waals surface area (Å²) in [6, 6.07) is 9.14. The van der Waals surface area contributed by atoms with Crippen molar-refractivity contribution in [3.8, 4) is 0 Å². The van der Waals surface area contributed by atoms with Crippen LogP contribution in [-0.4, -0.2) is 35.6 Å². The van der Waals surface area contributed by atoms with Crippen LogP contribution in [-0.2, 0) is 6.54 Å². The molecular formula is C17H22ClN3. The first kappa shape index (κ1) is 14.8. The Bertz CT molecular complexity index is 635. The molecule has 2 heterocycles. The molecule has 21 heavy (non-hydrogen) atoms. The van der Waals surface area contributed by atoms with Gasteiger partial charge in [-0.1, -0.05) is 30.7 Å². The summed E-state index contributed by atoms with van der Waals surface area (Å²) in [6.07, 6.45) is 1.21. The Hall–Kier alpha value is -1.16. The van der Waals surface area contributed by atoms with E-state index in [0.717, 1.165) is 37.3 Å². The number of nitrogens with zero attached hydrogens (tertiary/aromatic N) is 2. The SMILES string of the molecule is CCN(Cc1cc2ccc(C)cc2nc1Cl)C1CCNC1. The zero-order valence-corrected chi connectivity index (χ0v) is 13.5. The Morgan fingerprint density at radius 3 is 2.95 bits per heavy atom. The molecule has 1 aliphatic rings. The summed E-state index contributed by atoms with van der Waals surface area (Å²) in [7, 11) is 0. The number of likely N-dealkylation sites (N-methyl/N-ethyl adjacent to an activating group) is 1. The second-order valence-corrected chi connectivity index (χ2v) is 6.20. The van der Waals surface area contributed by atoms with E-state index in [4.69, 9.17) is 11.6 Å². The van der Waals surface area contributed by atoms with Gasteiger partial charge in [0.05, 0.1) is 5.52 Å². The smallest absolute Gasteiger partial charge is 0.134 e. The molecule has 1 aromatic heterocycles. The van der Waals surface area contributed by atoms with Gasteiger partial charge in [0.2, 0.25) is 0 Å². The number of halogens is 1. The summed E-state index contributed by atoms with van der Waals surface area (Å²) in [5.41, 5.74) is 3.32. The maximum atomic E-state index is 6.41. The van der Waals surface area contributed by atoms with Gasteiger partial charge in [0.25, 0.3) is 0 Å². The number of aromatic nitrogens is 1. The first-order valence-electron chi connectivity index (χ1n) is 7.68. The first-order valence-corrected chi connectivity index (χ1v) is 8.05. The van der Waals surface area contributed by atoms with Crippen LogP contribution in [0.2, 0.25) is 5.15 Å². The molecule has 3 nitrogen and oxygen atoms in total. The molecule has 1 fully saturated rings. The molecule has 1 atom stereocenters. The second-order valence-electron chi connectivity index (χ2n) is 5.84. The Labute approximate surface area is 131 Å². The number of aryl methyl sites for hydroxylation is 1. The Morgan fingerprint density at radius 1 is 1.38 bits per heavy atom. The number of hydrogen-bond acceptors (Lipinski definition) is 3. The topological polar surface area (TPSA) is 28.2 Å². The lowest BCUT2D eigenvalue weighted by Gasteiger charge is -2.27. The third-order valence-corrected chi connectivity index (χ3v) is 4.66. The number of nitrogens with one attached hydrogen (secondary N) is 1. The molecule has 0 radical (unpaired) electrons. The van der Waals surface area contributed by atoms with Gasteiger partial charge in [-0.3, -0.25) is 4.90 Å². The highest BCUT2D eigenvalue weighted by atomic mass is 35.5. The van der Waals surface area contributed by atoms with E-state index in [-0.39, 0.29) is 0 Å². The van der Waals surface area contributed by atoms with Gasteiger partial charge in [0, 0.05) is 30.1 Å². The predicted octanol–water partition coefficient (Wildman–Crippen LogP) is 3.38. The molecule has 0 spiro atoms. The van der Waals surface area contributed by atoms with Gasteiger partial charge in [-0.2, -0.15) is 0 Å². The lowest BCUT2D eigenvalue weighted by molar-refractivity contribution is 0.210. The average Bonchev–Trinajstić information content (AvgIpc) is 2.99. The predicted molar refractivity (Wildman–Crippen MR) is 88.8 cm³/mol. The van der Waals surface area contributed by atoms with Gasteiger partial charge >= 0.3 is 0 Å². The van der Waals surface area contributed by atoms with E-state index in [2.05, 4.69) is 53.3 Å². The zero-order chi connectivity index (χ0) is 14.8. The molecule has 1 aromatic carbocycles. The van der Waals surface area contributed by atoms with Gasteiger partial charge in [0.15, 0.2) is 0 Å². The first-order chi connectivity index (χ1) is 10.2. The van der Waals surface area contributed by atoms with Gasteiger partial charge in [-0.05, 0) is 44.1 Å². The zero-order valence-electron chi connectivity index (χ0n) is 12.7. The summed E-state index contributed by atoms with van der Waals surface area (Å²) in [5.74, 6) is 0. The fraction of sp³-hybridized carbons (Fsp3) is 0.471. The van der Waals surface area contributed by atoms with Crippen LogP contribution in [0.4, 0.5) is 0 Å². The minimum atomic E-state index is 0.611. The highest BCUT2D eigenvalue weighted by Crippen LogP contribution is 2.24. The highest BCUT2D eigenvalue weighted by molar-refractivity contribution is 6.30. The van der Waals surface area contributed by atoms with Crippen molar-refractivity contribution in [3.05, 3.63) is 40.5 Å². The summed E-state index contributed by atoms with van der Waals surface area (Å²) >= 11 is 6.41. The average molecular weight is 304 g/mol. The van der Waals surface area contributed by atoms with E-state index in [1.165, 1.54) is 17.4 Å². The van der Waals surface area contributed by atoms with E-state index < -0.39 is 0 Å². The van der Waals surface area contributed by atoms with Crippen molar-refractivity contribution in [1.29, 1.82) is 0 Å². The largest absolute Gasteiger partial charge is 0.315 e. The summed E-state index contributed by atoms with van der Waals surface area (Å²) in [5, 5.41) is 5.24. The van der Waals surface area contributed by atoms with Gasteiger partial charge in [0.1, 0.15) is 5.15 Å². The van der Waals surface area contributed by atoms with Crippen LogP contribution >= 0.6 is 11.6 Å². The molecule has 0 saturated carbocycles. The van der Waals surface area contributed by atoms with Crippen LogP contribution in [0.5, 0.6) is 0 Å². The molecule has 1 N–H and O–H groups in total. The number of pyridine rings is 1. The van der Waals surface area contributed by atoms with E-state index >= 15 is 0 Å². The van der Waals surface area contributed by atoms with Crippen LogP contribution in [0, 0.1) is 6.92 Å². The third kappa shape index (κ3) is 3.20. The lowest BCUT2D eigenvalue weighted by Crippen LogP contribution is -2.36. The number of fused-ring (bicyclic) bond motifs is 1. The number of hydrogen-bond donors (Lipinski definition) is 1. The normalized spacial score (nSPS) is 18.8. The van der Waals surface area contributed by atoms with Crippen molar-refractivity contribution < 1.29 is 0 Å². The Balaban J connectivity index is 1.88. The fourth-order valence-electron chi connectivity index (χ4n) is 3.08. The second kappa shape index (κ2) is 6.30. The molecule has 2 aromatic rings. The molecule has 0 amide bonds. The van der Waals surface area contributed by atoms with Crippen molar-refractivity contribution in [2.24, 2.45) is 0 Å². The van der Waals surface area contributed by atoms with Crippen molar-refractivity contribution in [3.63, 3.8) is 0 Å². The third-order valence-electron chi connectivity index (χ3n) is 4.33. The van der Waals surface area contributed by atoms with Crippen LogP contribution < -0.4 is 5.32 Å². The van der Waals surface area contributed by atoms with Crippen molar-refractivity contribution in [2.45, 2.75) is 32.9 Å². The molecule has 1 saturated heterocycles. The van der Waals surface area contributed by atoms with Crippen LogP contribution in [0.25, 0.3) is 10.9 Å². The van der Waals surface area contributed by atoms with E-state index in [1.54, 1.807) is 0 Å². The minimum Gasteiger partial charge on any atom is -0.315 e. The number of benzene rings is 1. The lowest BCUT2D eigenvalue weighted by atomic mass is 10.1.